The molecule has 1 aliphatic rings. The number of rotatable bonds is 3. The van der Waals surface area contributed by atoms with Crippen LogP contribution in [0, 0.1) is 17.6 Å². The van der Waals surface area contributed by atoms with Crippen LogP contribution in [0.2, 0.25) is 0 Å². The highest BCUT2D eigenvalue weighted by molar-refractivity contribution is 5.83. The second-order valence-corrected chi connectivity index (χ2v) is 5.57. The summed E-state index contributed by atoms with van der Waals surface area (Å²) in [6, 6.07) is 3.76. The van der Waals surface area contributed by atoms with Crippen LogP contribution in [0.3, 0.4) is 0 Å². The molecule has 3 unspecified atom stereocenters. The van der Waals surface area contributed by atoms with E-state index >= 15 is 0 Å². The van der Waals surface area contributed by atoms with Gasteiger partial charge >= 0.3 is 0 Å². The summed E-state index contributed by atoms with van der Waals surface area (Å²) in [5, 5.41) is 0. The van der Waals surface area contributed by atoms with Gasteiger partial charge in [0.1, 0.15) is 0 Å². The van der Waals surface area contributed by atoms with E-state index in [-0.39, 0.29) is 11.9 Å². The molecule has 2 rings (SSSR count). The van der Waals surface area contributed by atoms with Crippen LogP contribution >= 0.6 is 0 Å². The van der Waals surface area contributed by atoms with Crippen LogP contribution in [0.25, 0.3) is 0 Å². The summed E-state index contributed by atoms with van der Waals surface area (Å²) in [5.41, 5.74) is 6.15. The van der Waals surface area contributed by atoms with Crippen molar-refractivity contribution < 1.29 is 13.6 Å². The molecular formula is C15H20F2N2O. The number of nitrogens with zero attached hydrogens (tertiary/aromatic N) is 1. The highest BCUT2D eigenvalue weighted by Gasteiger charge is 2.34. The first-order valence-electron chi connectivity index (χ1n) is 6.89. The zero-order valence-electron chi connectivity index (χ0n) is 11.8. The van der Waals surface area contributed by atoms with Gasteiger partial charge in [0, 0.05) is 12.6 Å². The van der Waals surface area contributed by atoms with E-state index in [2.05, 4.69) is 0 Å². The van der Waals surface area contributed by atoms with Crippen molar-refractivity contribution >= 4 is 5.91 Å². The fraction of sp³-hybridized carbons (Fsp3) is 0.533. The predicted molar refractivity (Wildman–Crippen MR) is 73.1 cm³/mol. The summed E-state index contributed by atoms with van der Waals surface area (Å²) in [6.45, 7) is 4.92. The smallest absolute Gasteiger partial charge is 0.230 e. The molecule has 1 fully saturated rings. The molecule has 1 aromatic rings. The minimum Gasteiger partial charge on any atom is -0.339 e. The van der Waals surface area contributed by atoms with Crippen LogP contribution in [-0.2, 0) is 4.79 Å². The van der Waals surface area contributed by atoms with Crippen LogP contribution in [-0.4, -0.2) is 29.9 Å². The maximum atomic E-state index is 13.3. The third-order valence-corrected chi connectivity index (χ3v) is 4.09. The number of halogens is 2. The lowest BCUT2D eigenvalue weighted by atomic mass is 9.99. The molecule has 0 bridgehead atoms. The first kappa shape index (κ1) is 14.9. The maximum Gasteiger partial charge on any atom is 0.230 e. The van der Waals surface area contributed by atoms with Gasteiger partial charge in [-0.2, -0.15) is 0 Å². The Kier molecular flexibility index (Phi) is 4.38. The van der Waals surface area contributed by atoms with Gasteiger partial charge in [0.15, 0.2) is 11.6 Å². The maximum absolute atomic E-state index is 13.3. The van der Waals surface area contributed by atoms with Crippen molar-refractivity contribution in [3.05, 3.63) is 35.4 Å². The van der Waals surface area contributed by atoms with Gasteiger partial charge < -0.3 is 10.6 Å². The third kappa shape index (κ3) is 2.82. The van der Waals surface area contributed by atoms with E-state index in [1.165, 1.54) is 6.07 Å². The molecule has 1 aromatic carbocycles. The van der Waals surface area contributed by atoms with Crippen LogP contribution in [0.15, 0.2) is 18.2 Å². The fourth-order valence-corrected chi connectivity index (χ4v) is 2.79. The van der Waals surface area contributed by atoms with Gasteiger partial charge in [0.25, 0.3) is 0 Å². The molecule has 1 saturated heterocycles. The van der Waals surface area contributed by atoms with Crippen molar-refractivity contribution in [1.29, 1.82) is 0 Å². The van der Waals surface area contributed by atoms with Gasteiger partial charge in [0.05, 0.1) is 5.92 Å². The Morgan fingerprint density at radius 2 is 2.15 bits per heavy atom. The Bertz CT molecular complexity index is 507. The van der Waals surface area contributed by atoms with Crippen molar-refractivity contribution in [2.24, 2.45) is 11.7 Å². The number of likely N-dealkylation sites (tertiary alicyclic amines) is 1. The molecule has 5 heteroatoms. The van der Waals surface area contributed by atoms with Crippen molar-refractivity contribution in [2.75, 3.05) is 13.1 Å². The Morgan fingerprint density at radius 1 is 1.45 bits per heavy atom. The van der Waals surface area contributed by atoms with Crippen molar-refractivity contribution in [3.8, 4) is 0 Å². The standard InChI is InChI=1S/C15H20F2N2O/c1-9-5-11(7-18)8-19(9)15(20)10(2)12-3-4-13(16)14(17)6-12/h3-4,6,9-11H,5,7-8,18H2,1-2H3. The molecule has 1 amide bonds. The molecule has 2 N–H and O–H groups in total. The van der Waals surface area contributed by atoms with E-state index < -0.39 is 17.6 Å². The molecular weight excluding hydrogens is 262 g/mol. The highest BCUT2D eigenvalue weighted by Crippen LogP contribution is 2.27. The van der Waals surface area contributed by atoms with E-state index in [4.69, 9.17) is 5.73 Å². The quantitative estimate of drug-likeness (QED) is 0.924. The Labute approximate surface area is 117 Å². The molecule has 3 atom stereocenters. The SMILES string of the molecule is CC(C(=O)N1CC(CN)CC1C)c1ccc(F)c(F)c1. The molecule has 0 aromatic heterocycles. The molecule has 20 heavy (non-hydrogen) atoms. The average molecular weight is 282 g/mol. The Hall–Kier alpha value is -1.49. The first-order valence-corrected chi connectivity index (χ1v) is 6.89. The number of hydrogen-bond donors (Lipinski definition) is 1. The van der Waals surface area contributed by atoms with E-state index in [1.54, 1.807) is 11.8 Å². The molecule has 3 nitrogen and oxygen atoms in total. The van der Waals surface area contributed by atoms with Crippen molar-refractivity contribution in [2.45, 2.75) is 32.2 Å². The fourth-order valence-electron chi connectivity index (χ4n) is 2.79. The lowest BCUT2D eigenvalue weighted by Gasteiger charge is -2.25. The summed E-state index contributed by atoms with van der Waals surface area (Å²) in [7, 11) is 0. The molecule has 1 aliphatic heterocycles. The summed E-state index contributed by atoms with van der Waals surface area (Å²) in [5.74, 6) is -2.03. The molecule has 0 spiro atoms. The first-order chi connectivity index (χ1) is 9.43. The Balaban J connectivity index is 2.14. The summed E-state index contributed by atoms with van der Waals surface area (Å²) < 4.78 is 26.2. The second-order valence-electron chi connectivity index (χ2n) is 5.57. The molecule has 0 aliphatic carbocycles. The minimum atomic E-state index is -0.920. The average Bonchev–Trinajstić information content (AvgIpc) is 2.81. The topological polar surface area (TPSA) is 46.3 Å². The zero-order valence-corrected chi connectivity index (χ0v) is 11.8. The number of nitrogens with two attached hydrogens (primary N) is 1. The predicted octanol–water partition coefficient (Wildman–Crippen LogP) is 2.26. The third-order valence-electron chi connectivity index (χ3n) is 4.09. The van der Waals surface area contributed by atoms with Gasteiger partial charge in [-0.1, -0.05) is 6.07 Å². The summed E-state index contributed by atoms with van der Waals surface area (Å²) in [6.07, 6.45) is 0.896. The van der Waals surface area contributed by atoms with Crippen molar-refractivity contribution in [3.63, 3.8) is 0 Å². The number of amides is 1. The van der Waals surface area contributed by atoms with Crippen LogP contribution in [0.5, 0.6) is 0 Å². The van der Waals surface area contributed by atoms with E-state index in [1.807, 2.05) is 6.92 Å². The van der Waals surface area contributed by atoms with Crippen LogP contribution in [0.1, 0.15) is 31.7 Å². The second kappa shape index (κ2) is 5.87. The number of carbonyl (C=O) groups is 1. The minimum absolute atomic E-state index is 0.0561. The normalized spacial score (nSPS) is 23.9. The van der Waals surface area contributed by atoms with Crippen LogP contribution in [0.4, 0.5) is 8.78 Å². The molecule has 0 radical (unpaired) electrons. The molecule has 1 heterocycles. The van der Waals surface area contributed by atoms with Gasteiger partial charge in [-0.25, -0.2) is 8.78 Å². The number of benzene rings is 1. The van der Waals surface area contributed by atoms with Gasteiger partial charge in [-0.3, -0.25) is 4.79 Å². The van der Waals surface area contributed by atoms with Gasteiger partial charge in [-0.05, 0) is 50.4 Å². The van der Waals surface area contributed by atoms with E-state index in [0.29, 0.717) is 24.6 Å². The largest absolute Gasteiger partial charge is 0.339 e. The van der Waals surface area contributed by atoms with Crippen LogP contribution < -0.4 is 5.73 Å². The lowest BCUT2D eigenvalue weighted by molar-refractivity contribution is -0.133. The Morgan fingerprint density at radius 3 is 2.70 bits per heavy atom. The monoisotopic (exact) mass is 282 g/mol. The van der Waals surface area contributed by atoms with Gasteiger partial charge in [-0.15, -0.1) is 0 Å². The zero-order chi connectivity index (χ0) is 14.9. The van der Waals surface area contributed by atoms with Gasteiger partial charge in [0.2, 0.25) is 5.91 Å². The number of hydrogen-bond acceptors (Lipinski definition) is 2. The highest BCUT2D eigenvalue weighted by atomic mass is 19.2. The molecule has 110 valence electrons. The van der Waals surface area contributed by atoms with Crippen molar-refractivity contribution in [1.82, 2.24) is 4.90 Å². The van der Waals surface area contributed by atoms with E-state index in [0.717, 1.165) is 18.6 Å². The van der Waals surface area contributed by atoms with E-state index in [9.17, 15) is 13.6 Å². The number of carbonyl (C=O) groups excluding carboxylic acids is 1. The summed E-state index contributed by atoms with van der Waals surface area (Å²) in [4.78, 5) is 14.3. The lowest BCUT2D eigenvalue weighted by Crippen LogP contribution is -2.37. The summed E-state index contributed by atoms with van der Waals surface area (Å²) >= 11 is 0. The molecule has 0 saturated carbocycles.